The monoisotopic (exact) mass is 394 g/mol. The van der Waals surface area contributed by atoms with Crippen LogP contribution in [0.15, 0.2) is 35.5 Å². The molecule has 2 heterocycles. The van der Waals surface area contributed by atoms with Gasteiger partial charge in [0, 0.05) is 13.1 Å². The van der Waals surface area contributed by atoms with E-state index in [1.807, 2.05) is 41.8 Å². The molecule has 1 saturated heterocycles. The Bertz CT molecular complexity index is 881. The van der Waals surface area contributed by atoms with E-state index in [0.717, 1.165) is 11.4 Å². The van der Waals surface area contributed by atoms with Crippen LogP contribution in [0, 0.1) is 6.92 Å². The van der Waals surface area contributed by atoms with Crippen molar-refractivity contribution in [3.63, 3.8) is 0 Å². The van der Waals surface area contributed by atoms with Gasteiger partial charge in [0.15, 0.2) is 15.0 Å². The number of sulfone groups is 1. The Labute approximate surface area is 157 Å². The highest BCUT2D eigenvalue weighted by molar-refractivity contribution is 7.99. The van der Waals surface area contributed by atoms with Gasteiger partial charge in [-0.2, -0.15) is 0 Å². The second kappa shape index (κ2) is 7.79. The average Bonchev–Trinajstić information content (AvgIpc) is 3.16. The number of aryl methyl sites for hydroxylation is 1. The van der Waals surface area contributed by atoms with Crippen molar-refractivity contribution >= 4 is 27.5 Å². The van der Waals surface area contributed by atoms with Crippen molar-refractivity contribution in [2.45, 2.75) is 31.1 Å². The molecule has 26 heavy (non-hydrogen) atoms. The van der Waals surface area contributed by atoms with Crippen LogP contribution in [0.1, 0.15) is 17.8 Å². The van der Waals surface area contributed by atoms with Crippen molar-refractivity contribution in [3.05, 3.63) is 41.7 Å². The van der Waals surface area contributed by atoms with Gasteiger partial charge in [-0.15, -0.1) is 10.2 Å². The molecule has 0 radical (unpaired) electrons. The predicted molar refractivity (Wildman–Crippen MR) is 101 cm³/mol. The van der Waals surface area contributed by atoms with Gasteiger partial charge in [-0.05, 0) is 18.9 Å². The highest BCUT2D eigenvalue weighted by Crippen LogP contribution is 2.21. The summed E-state index contributed by atoms with van der Waals surface area (Å²) in [5.74, 6) is 1.12. The Morgan fingerprint density at radius 3 is 2.69 bits per heavy atom. The second-order valence-electron chi connectivity index (χ2n) is 6.45. The van der Waals surface area contributed by atoms with Crippen LogP contribution in [0.2, 0.25) is 0 Å². The van der Waals surface area contributed by atoms with E-state index in [0.29, 0.717) is 18.1 Å². The first-order valence-electron chi connectivity index (χ1n) is 8.38. The summed E-state index contributed by atoms with van der Waals surface area (Å²) in [5, 5.41) is 8.98. The molecular formula is C17H22N4O3S2. The van der Waals surface area contributed by atoms with Crippen LogP contribution in [0.5, 0.6) is 0 Å². The van der Waals surface area contributed by atoms with Gasteiger partial charge in [-0.25, -0.2) is 8.42 Å². The largest absolute Gasteiger partial charge is 0.341 e. The molecule has 1 aromatic heterocycles. The highest BCUT2D eigenvalue weighted by Gasteiger charge is 2.32. The molecule has 1 aliphatic rings. The van der Waals surface area contributed by atoms with Crippen molar-refractivity contribution in [1.29, 1.82) is 0 Å². The lowest BCUT2D eigenvalue weighted by molar-refractivity contribution is -0.128. The maximum Gasteiger partial charge on any atom is 0.233 e. The first-order chi connectivity index (χ1) is 12.4. The fourth-order valence-electron chi connectivity index (χ4n) is 2.93. The molecule has 1 fully saturated rings. The van der Waals surface area contributed by atoms with Gasteiger partial charge in [0.05, 0.1) is 23.8 Å². The summed E-state index contributed by atoms with van der Waals surface area (Å²) in [6.45, 7) is 2.53. The average molecular weight is 395 g/mol. The van der Waals surface area contributed by atoms with Crippen molar-refractivity contribution < 1.29 is 13.2 Å². The minimum atomic E-state index is -3.01. The lowest BCUT2D eigenvalue weighted by atomic mass is 10.2. The normalized spacial score (nSPS) is 18.8. The van der Waals surface area contributed by atoms with E-state index in [1.165, 1.54) is 11.8 Å². The smallest absolute Gasteiger partial charge is 0.233 e. The van der Waals surface area contributed by atoms with Crippen LogP contribution in [0.3, 0.4) is 0 Å². The Kier molecular flexibility index (Phi) is 5.67. The van der Waals surface area contributed by atoms with Crippen LogP contribution < -0.4 is 0 Å². The molecule has 9 heteroatoms. The highest BCUT2D eigenvalue weighted by atomic mass is 32.2. The fraction of sp³-hybridized carbons (Fsp3) is 0.471. The quantitative estimate of drug-likeness (QED) is 0.688. The number of carbonyl (C=O) groups is 1. The summed E-state index contributed by atoms with van der Waals surface area (Å²) in [4.78, 5) is 14.0. The molecule has 1 atom stereocenters. The summed E-state index contributed by atoms with van der Waals surface area (Å²) in [7, 11) is -1.33. The van der Waals surface area contributed by atoms with Crippen LogP contribution in [0.4, 0.5) is 0 Å². The summed E-state index contributed by atoms with van der Waals surface area (Å²) in [5.41, 5.74) is 1.14. The maximum absolute atomic E-state index is 12.4. The molecular weight excluding hydrogens is 372 g/mol. The number of amides is 1. The van der Waals surface area contributed by atoms with Crippen LogP contribution in [-0.4, -0.2) is 64.3 Å². The molecule has 3 rings (SSSR count). The molecule has 0 bridgehead atoms. The fourth-order valence-corrected chi connectivity index (χ4v) is 5.61. The van der Waals surface area contributed by atoms with E-state index in [-0.39, 0.29) is 29.2 Å². The predicted octanol–water partition coefficient (Wildman–Crippen LogP) is 1.37. The lowest BCUT2D eigenvalue weighted by Crippen LogP contribution is -2.38. The summed E-state index contributed by atoms with van der Waals surface area (Å²) >= 11 is 1.33. The number of thioether (sulfide) groups is 1. The van der Waals surface area contributed by atoms with E-state index >= 15 is 0 Å². The SMILES string of the molecule is Cc1nnc(SCC(=O)N(C)[C@H]2CCS(=O)(=O)C2)n1Cc1ccccc1. The van der Waals surface area contributed by atoms with Gasteiger partial charge in [-0.3, -0.25) is 4.79 Å². The minimum Gasteiger partial charge on any atom is -0.341 e. The third-order valence-corrected chi connectivity index (χ3v) is 7.26. The van der Waals surface area contributed by atoms with E-state index < -0.39 is 9.84 Å². The summed E-state index contributed by atoms with van der Waals surface area (Å²) in [6.07, 6.45) is 0.512. The van der Waals surface area contributed by atoms with Crippen molar-refractivity contribution in [3.8, 4) is 0 Å². The molecule has 0 aliphatic carbocycles. The lowest BCUT2D eigenvalue weighted by Gasteiger charge is -2.23. The molecule has 0 spiro atoms. The molecule has 1 aliphatic heterocycles. The Morgan fingerprint density at radius 2 is 2.04 bits per heavy atom. The topological polar surface area (TPSA) is 85.2 Å². The van der Waals surface area contributed by atoms with Crippen molar-refractivity contribution in [1.82, 2.24) is 19.7 Å². The number of hydrogen-bond acceptors (Lipinski definition) is 6. The van der Waals surface area contributed by atoms with Crippen LogP contribution in [0.25, 0.3) is 0 Å². The van der Waals surface area contributed by atoms with Gasteiger partial charge < -0.3 is 9.47 Å². The molecule has 0 saturated carbocycles. The summed E-state index contributed by atoms with van der Waals surface area (Å²) in [6, 6.07) is 9.78. The molecule has 1 amide bonds. The van der Waals surface area contributed by atoms with Crippen molar-refractivity contribution in [2.24, 2.45) is 0 Å². The Morgan fingerprint density at radius 1 is 1.31 bits per heavy atom. The van der Waals surface area contributed by atoms with E-state index in [9.17, 15) is 13.2 Å². The van der Waals surface area contributed by atoms with Crippen LogP contribution in [-0.2, 0) is 21.2 Å². The van der Waals surface area contributed by atoms with Crippen LogP contribution >= 0.6 is 11.8 Å². The number of rotatable bonds is 6. The number of hydrogen-bond donors (Lipinski definition) is 0. The zero-order valence-corrected chi connectivity index (χ0v) is 16.5. The molecule has 7 nitrogen and oxygen atoms in total. The molecule has 140 valence electrons. The first kappa shape index (κ1) is 18.9. The van der Waals surface area contributed by atoms with E-state index in [2.05, 4.69) is 10.2 Å². The second-order valence-corrected chi connectivity index (χ2v) is 9.62. The van der Waals surface area contributed by atoms with Gasteiger partial charge in [0.1, 0.15) is 5.82 Å². The Balaban J connectivity index is 1.62. The number of aromatic nitrogens is 3. The van der Waals surface area contributed by atoms with Gasteiger partial charge >= 0.3 is 0 Å². The standard InChI is InChI=1S/C17H22N4O3S2/c1-13-18-19-17(21(13)10-14-6-4-3-5-7-14)25-11-16(22)20(2)15-8-9-26(23,24)12-15/h3-7,15H,8-12H2,1-2H3/t15-/m0/s1. The van der Waals surface area contributed by atoms with Crippen molar-refractivity contribution in [2.75, 3.05) is 24.3 Å². The molecule has 0 N–H and O–H groups in total. The number of nitrogens with zero attached hydrogens (tertiary/aromatic N) is 4. The zero-order valence-electron chi connectivity index (χ0n) is 14.8. The molecule has 1 aromatic carbocycles. The van der Waals surface area contributed by atoms with Gasteiger partial charge in [0.25, 0.3) is 0 Å². The zero-order chi connectivity index (χ0) is 18.7. The number of carbonyl (C=O) groups excluding carboxylic acids is 1. The third kappa shape index (κ3) is 4.45. The Hall–Kier alpha value is -1.87. The summed E-state index contributed by atoms with van der Waals surface area (Å²) < 4.78 is 25.2. The molecule has 2 aromatic rings. The molecule has 0 unspecified atom stereocenters. The van der Waals surface area contributed by atoms with Gasteiger partial charge in [0.2, 0.25) is 5.91 Å². The van der Waals surface area contributed by atoms with Gasteiger partial charge in [-0.1, -0.05) is 42.1 Å². The maximum atomic E-state index is 12.4. The van der Waals surface area contributed by atoms with E-state index in [4.69, 9.17) is 0 Å². The minimum absolute atomic E-state index is 0.0587. The number of benzene rings is 1. The first-order valence-corrected chi connectivity index (χ1v) is 11.2. The third-order valence-electron chi connectivity index (χ3n) is 4.56. The van der Waals surface area contributed by atoms with E-state index in [1.54, 1.807) is 11.9 Å².